The van der Waals surface area contributed by atoms with E-state index in [1.165, 1.54) is 11.1 Å². The van der Waals surface area contributed by atoms with Crippen molar-refractivity contribution < 1.29 is 9.47 Å². The van der Waals surface area contributed by atoms with Crippen LogP contribution in [0.4, 0.5) is 0 Å². The highest BCUT2D eigenvalue weighted by atomic mass is 79.9. The summed E-state index contributed by atoms with van der Waals surface area (Å²) in [4.78, 5) is 0. The number of rotatable bonds is 9. The Morgan fingerprint density at radius 1 is 1.00 bits per heavy atom. The Balaban J connectivity index is 2.15. The van der Waals surface area contributed by atoms with Gasteiger partial charge in [-0.05, 0) is 73.3 Å². The van der Waals surface area contributed by atoms with Gasteiger partial charge in [0.1, 0.15) is 6.61 Å². The average Bonchev–Trinajstić information content (AvgIpc) is 2.61. The van der Waals surface area contributed by atoms with Crippen molar-refractivity contribution in [3.63, 3.8) is 0 Å². The number of hydrogen-bond acceptors (Lipinski definition) is 3. The van der Waals surface area contributed by atoms with E-state index in [4.69, 9.17) is 9.47 Å². The van der Waals surface area contributed by atoms with Gasteiger partial charge in [-0.25, -0.2) is 0 Å². The molecule has 0 aromatic heterocycles. The van der Waals surface area contributed by atoms with Crippen molar-refractivity contribution in [2.45, 2.75) is 59.7 Å². The summed E-state index contributed by atoms with van der Waals surface area (Å²) in [6, 6.07) is 12.6. The molecule has 3 nitrogen and oxygen atoms in total. The molecule has 1 N–H and O–H groups in total. The predicted octanol–water partition coefficient (Wildman–Crippen LogP) is 6.01. The number of nitrogens with one attached hydrogen (secondary N) is 1. The Labute approximate surface area is 166 Å². The minimum atomic E-state index is 0.110. The minimum absolute atomic E-state index is 0.110. The second kappa shape index (κ2) is 9.43. The summed E-state index contributed by atoms with van der Waals surface area (Å²) in [5.74, 6) is 1.53. The quantitative estimate of drug-likeness (QED) is 0.539. The van der Waals surface area contributed by atoms with E-state index in [0.29, 0.717) is 13.2 Å². The summed E-state index contributed by atoms with van der Waals surface area (Å²) in [6.07, 6.45) is 1.07. The molecule has 26 heavy (non-hydrogen) atoms. The second-order valence-corrected chi connectivity index (χ2v) is 8.06. The summed E-state index contributed by atoms with van der Waals surface area (Å²) in [6.45, 7) is 12.6. The van der Waals surface area contributed by atoms with Crippen LogP contribution in [0.25, 0.3) is 0 Å². The molecule has 0 fully saturated rings. The molecule has 0 aliphatic rings. The Morgan fingerprint density at radius 3 is 2.31 bits per heavy atom. The zero-order valence-electron chi connectivity index (χ0n) is 16.5. The van der Waals surface area contributed by atoms with Crippen LogP contribution in [0.1, 0.15) is 50.8 Å². The molecule has 2 aromatic carbocycles. The first-order valence-electron chi connectivity index (χ1n) is 9.23. The molecule has 0 bridgehead atoms. The van der Waals surface area contributed by atoms with Gasteiger partial charge in [0.25, 0.3) is 0 Å². The van der Waals surface area contributed by atoms with Crippen molar-refractivity contribution in [2.24, 2.45) is 0 Å². The Bertz CT molecular complexity index is 711. The van der Waals surface area contributed by atoms with Crippen LogP contribution in [0.5, 0.6) is 11.5 Å². The van der Waals surface area contributed by atoms with Crippen LogP contribution in [-0.4, -0.2) is 12.1 Å². The topological polar surface area (TPSA) is 30.5 Å². The number of halogens is 1. The number of aryl methyl sites for hydroxylation is 1. The van der Waals surface area contributed by atoms with E-state index in [-0.39, 0.29) is 5.54 Å². The van der Waals surface area contributed by atoms with Crippen LogP contribution in [0.2, 0.25) is 0 Å². The van der Waals surface area contributed by atoms with Gasteiger partial charge in [-0.2, -0.15) is 0 Å². The molecule has 0 heterocycles. The van der Waals surface area contributed by atoms with Crippen LogP contribution in [0, 0.1) is 6.92 Å². The lowest BCUT2D eigenvalue weighted by Crippen LogP contribution is -2.37. The van der Waals surface area contributed by atoms with Crippen LogP contribution in [0.15, 0.2) is 40.9 Å². The highest BCUT2D eigenvalue weighted by molar-refractivity contribution is 9.10. The molecule has 0 unspecified atom stereocenters. The van der Waals surface area contributed by atoms with Crippen molar-refractivity contribution >= 4 is 15.9 Å². The first-order chi connectivity index (χ1) is 12.3. The molecule has 0 amide bonds. The summed E-state index contributed by atoms with van der Waals surface area (Å²) in [7, 11) is 0. The fraction of sp³-hybridized carbons (Fsp3) is 0.455. The summed E-state index contributed by atoms with van der Waals surface area (Å²) >= 11 is 3.66. The Morgan fingerprint density at radius 2 is 1.69 bits per heavy atom. The molecule has 0 aliphatic heterocycles. The van der Waals surface area contributed by atoms with E-state index in [2.05, 4.69) is 85.3 Å². The lowest BCUT2D eigenvalue weighted by atomic mass is 10.0. The third kappa shape index (κ3) is 6.03. The molecule has 2 rings (SSSR count). The SMILES string of the molecule is CCOc1cc(CNC(C)(C)CC)cc(Br)c1OCc1ccc(C)cc1. The molecular weight excluding hydrogens is 390 g/mol. The highest BCUT2D eigenvalue weighted by Crippen LogP contribution is 2.37. The van der Waals surface area contributed by atoms with Gasteiger partial charge >= 0.3 is 0 Å². The smallest absolute Gasteiger partial charge is 0.175 e. The van der Waals surface area contributed by atoms with Gasteiger partial charge < -0.3 is 14.8 Å². The van der Waals surface area contributed by atoms with Gasteiger partial charge in [-0.1, -0.05) is 36.8 Å². The van der Waals surface area contributed by atoms with Crippen LogP contribution in [0.3, 0.4) is 0 Å². The van der Waals surface area contributed by atoms with Crippen molar-refractivity contribution in [2.75, 3.05) is 6.61 Å². The lowest BCUT2D eigenvalue weighted by molar-refractivity contribution is 0.267. The van der Waals surface area contributed by atoms with E-state index in [1.54, 1.807) is 0 Å². The van der Waals surface area contributed by atoms with Crippen LogP contribution < -0.4 is 14.8 Å². The third-order valence-corrected chi connectivity index (χ3v) is 5.12. The van der Waals surface area contributed by atoms with Gasteiger partial charge in [0, 0.05) is 12.1 Å². The second-order valence-electron chi connectivity index (χ2n) is 7.20. The summed E-state index contributed by atoms with van der Waals surface area (Å²) < 4.78 is 12.8. The van der Waals surface area contributed by atoms with Crippen molar-refractivity contribution in [1.29, 1.82) is 0 Å². The molecular formula is C22H30BrNO2. The number of ether oxygens (including phenoxy) is 2. The molecule has 4 heteroatoms. The summed E-state index contributed by atoms with van der Waals surface area (Å²) in [5.41, 5.74) is 3.67. The van der Waals surface area contributed by atoms with E-state index >= 15 is 0 Å². The number of hydrogen-bond donors (Lipinski definition) is 1. The molecule has 0 radical (unpaired) electrons. The molecule has 0 atom stereocenters. The maximum Gasteiger partial charge on any atom is 0.175 e. The zero-order chi connectivity index (χ0) is 19.2. The van der Waals surface area contributed by atoms with E-state index in [1.807, 2.05) is 6.92 Å². The van der Waals surface area contributed by atoms with Crippen molar-refractivity contribution in [3.05, 3.63) is 57.6 Å². The fourth-order valence-corrected chi connectivity index (χ4v) is 3.04. The molecule has 0 saturated heterocycles. The van der Waals surface area contributed by atoms with E-state index in [9.17, 15) is 0 Å². The van der Waals surface area contributed by atoms with Gasteiger partial charge in [0.05, 0.1) is 11.1 Å². The maximum absolute atomic E-state index is 6.08. The van der Waals surface area contributed by atoms with Crippen molar-refractivity contribution in [1.82, 2.24) is 5.32 Å². The van der Waals surface area contributed by atoms with Gasteiger partial charge in [0.2, 0.25) is 0 Å². The standard InChI is InChI=1S/C22H30BrNO2/c1-6-22(4,5)24-14-18-12-19(23)21(20(13-18)25-7-2)26-15-17-10-8-16(3)9-11-17/h8-13,24H,6-7,14-15H2,1-5H3. The molecule has 0 saturated carbocycles. The molecule has 0 aliphatic carbocycles. The summed E-state index contributed by atoms with van der Waals surface area (Å²) in [5, 5.41) is 3.59. The monoisotopic (exact) mass is 419 g/mol. The predicted molar refractivity (Wildman–Crippen MR) is 112 cm³/mol. The zero-order valence-corrected chi connectivity index (χ0v) is 18.1. The van der Waals surface area contributed by atoms with Gasteiger partial charge in [-0.3, -0.25) is 0 Å². The first kappa shape index (κ1) is 20.8. The Kier molecular flexibility index (Phi) is 7.54. The minimum Gasteiger partial charge on any atom is -0.490 e. The third-order valence-electron chi connectivity index (χ3n) is 4.53. The van der Waals surface area contributed by atoms with E-state index < -0.39 is 0 Å². The van der Waals surface area contributed by atoms with Gasteiger partial charge in [-0.15, -0.1) is 0 Å². The van der Waals surface area contributed by atoms with Gasteiger partial charge in [0.15, 0.2) is 11.5 Å². The van der Waals surface area contributed by atoms with E-state index in [0.717, 1.165) is 34.5 Å². The maximum atomic E-state index is 6.08. The normalized spacial score (nSPS) is 11.5. The molecule has 2 aromatic rings. The molecule has 0 spiro atoms. The fourth-order valence-electron chi connectivity index (χ4n) is 2.43. The molecule has 142 valence electrons. The lowest BCUT2D eigenvalue weighted by Gasteiger charge is -2.25. The highest BCUT2D eigenvalue weighted by Gasteiger charge is 2.16. The first-order valence-corrected chi connectivity index (χ1v) is 10.0. The average molecular weight is 420 g/mol. The number of benzene rings is 2. The van der Waals surface area contributed by atoms with Crippen molar-refractivity contribution in [3.8, 4) is 11.5 Å². The van der Waals surface area contributed by atoms with Crippen LogP contribution >= 0.6 is 15.9 Å². The Hall–Kier alpha value is -1.52. The largest absolute Gasteiger partial charge is 0.490 e. The van der Waals surface area contributed by atoms with Crippen LogP contribution in [-0.2, 0) is 13.2 Å².